The molecular formula is C22H18N6OS. The summed E-state index contributed by atoms with van der Waals surface area (Å²) in [5.41, 5.74) is 12.2. The fourth-order valence-corrected chi connectivity index (χ4v) is 4.22. The highest BCUT2D eigenvalue weighted by atomic mass is 32.1. The normalized spacial score (nSPS) is 11.1. The predicted molar refractivity (Wildman–Crippen MR) is 118 cm³/mol. The van der Waals surface area contributed by atoms with E-state index in [2.05, 4.69) is 15.3 Å². The smallest absolute Gasteiger partial charge is 0.187 e. The van der Waals surface area contributed by atoms with E-state index in [1.165, 1.54) is 11.3 Å². The molecule has 0 atom stereocenters. The maximum absolute atomic E-state index is 6.45. The van der Waals surface area contributed by atoms with E-state index in [1.807, 2.05) is 66.9 Å². The van der Waals surface area contributed by atoms with Crippen LogP contribution in [-0.4, -0.2) is 31.9 Å². The van der Waals surface area contributed by atoms with Crippen molar-refractivity contribution in [1.82, 2.24) is 24.8 Å². The molecule has 0 aliphatic carbocycles. The van der Waals surface area contributed by atoms with Crippen molar-refractivity contribution in [2.45, 2.75) is 6.92 Å². The first-order valence-electron chi connectivity index (χ1n) is 9.33. The van der Waals surface area contributed by atoms with E-state index in [4.69, 9.17) is 15.5 Å². The second kappa shape index (κ2) is 7.23. The van der Waals surface area contributed by atoms with Gasteiger partial charge in [-0.25, -0.2) is 4.98 Å². The summed E-state index contributed by atoms with van der Waals surface area (Å²) in [6.07, 6.45) is 0. The molecule has 0 bridgehead atoms. The summed E-state index contributed by atoms with van der Waals surface area (Å²) < 4.78 is 6.89. The fraction of sp³-hybridized carbons (Fsp3) is 0.0909. The molecular weight excluding hydrogens is 396 g/mol. The first-order valence-corrected chi connectivity index (χ1v) is 10.2. The number of methoxy groups -OCH3 is 1. The van der Waals surface area contributed by atoms with Crippen molar-refractivity contribution in [2.24, 2.45) is 0 Å². The van der Waals surface area contributed by atoms with E-state index >= 15 is 0 Å². The summed E-state index contributed by atoms with van der Waals surface area (Å²) >= 11 is 1.48. The lowest BCUT2D eigenvalue weighted by atomic mass is 10.1. The largest absolute Gasteiger partial charge is 0.497 e. The Kier molecular flexibility index (Phi) is 4.40. The Balaban J connectivity index is 1.59. The van der Waals surface area contributed by atoms with Crippen molar-refractivity contribution in [1.29, 1.82) is 0 Å². The third-order valence-corrected chi connectivity index (χ3v) is 5.76. The van der Waals surface area contributed by atoms with E-state index in [9.17, 15) is 0 Å². The quantitative estimate of drug-likeness (QED) is 0.466. The average Bonchev–Trinajstić information content (AvgIpc) is 3.40. The molecule has 5 aromatic rings. The van der Waals surface area contributed by atoms with E-state index in [0.717, 1.165) is 33.8 Å². The second-order valence-corrected chi connectivity index (χ2v) is 7.62. The van der Waals surface area contributed by atoms with Gasteiger partial charge in [0.1, 0.15) is 10.8 Å². The van der Waals surface area contributed by atoms with Crippen LogP contribution in [0.2, 0.25) is 0 Å². The van der Waals surface area contributed by atoms with Gasteiger partial charge in [-0.2, -0.15) is 9.61 Å². The van der Waals surface area contributed by atoms with Gasteiger partial charge in [0.15, 0.2) is 17.2 Å². The van der Waals surface area contributed by atoms with Gasteiger partial charge >= 0.3 is 0 Å². The molecule has 30 heavy (non-hydrogen) atoms. The number of nitrogens with zero attached hydrogens (tertiary/aromatic N) is 5. The molecule has 0 saturated heterocycles. The third kappa shape index (κ3) is 2.98. The van der Waals surface area contributed by atoms with Crippen LogP contribution in [0.5, 0.6) is 5.75 Å². The van der Waals surface area contributed by atoms with Crippen molar-refractivity contribution >= 4 is 22.8 Å². The zero-order valence-electron chi connectivity index (χ0n) is 16.4. The molecule has 3 heterocycles. The standard InChI is InChI=1S/C22H18N6OS/c1-13-18(15-8-10-16(29-2)11-9-15)21-26-25-19(20(23)28(21)27-13)22-24-17(12-30-22)14-6-4-3-5-7-14/h3-12H,23H2,1-2H3. The van der Waals surface area contributed by atoms with Crippen LogP contribution in [0.3, 0.4) is 0 Å². The van der Waals surface area contributed by atoms with Gasteiger partial charge in [-0.15, -0.1) is 21.5 Å². The average molecular weight is 414 g/mol. The van der Waals surface area contributed by atoms with Crippen LogP contribution in [0.15, 0.2) is 60.0 Å². The number of hydrogen-bond donors (Lipinski definition) is 1. The number of ether oxygens (including phenoxy) is 1. The van der Waals surface area contributed by atoms with Crippen LogP contribution in [0.25, 0.3) is 38.7 Å². The molecule has 2 aromatic carbocycles. The van der Waals surface area contributed by atoms with Crippen molar-refractivity contribution in [3.63, 3.8) is 0 Å². The van der Waals surface area contributed by atoms with E-state index in [1.54, 1.807) is 11.6 Å². The number of nitrogens with two attached hydrogens (primary N) is 1. The van der Waals surface area contributed by atoms with Gasteiger partial charge in [-0.3, -0.25) is 0 Å². The highest BCUT2D eigenvalue weighted by molar-refractivity contribution is 7.13. The number of fused-ring (bicyclic) bond motifs is 1. The van der Waals surface area contributed by atoms with Gasteiger partial charge in [0.2, 0.25) is 0 Å². The molecule has 0 radical (unpaired) electrons. The predicted octanol–water partition coefficient (Wildman–Crippen LogP) is 4.48. The number of benzene rings is 2. The molecule has 0 aliphatic rings. The monoisotopic (exact) mass is 414 g/mol. The van der Waals surface area contributed by atoms with E-state index in [0.29, 0.717) is 22.2 Å². The molecule has 0 fully saturated rings. The van der Waals surface area contributed by atoms with Gasteiger partial charge in [0.25, 0.3) is 0 Å². The number of nitrogen functional groups attached to an aromatic ring is 1. The first-order chi connectivity index (χ1) is 14.7. The van der Waals surface area contributed by atoms with E-state index < -0.39 is 0 Å². The molecule has 0 aliphatic heterocycles. The Morgan fingerprint density at radius 3 is 2.47 bits per heavy atom. The lowest BCUT2D eigenvalue weighted by Gasteiger charge is -2.05. The SMILES string of the molecule is COc1ccc(-c2c(C)nn3c(N)c(-c4nc(-c5ccccc5)cs4)nnc23)cc1. The second-order valence-electron chi connectivity index (χ2n) is 6.76. The van der Waals surface area contributed by atoms with Gasteiger partial charge < -0.3 is 10.5 Å². The molecule has 0 spiro atoms. The molecule has 8 heteroatoms. The molecule has 7 nitrogen and oxygen atoms in total. The minimum absolute atomic E-state index is 0.414. The Labute approximate surface area is 176 Å². The molecule has 0 unspecified atom stereocenters. The maximum atomic E-state index is 6.45. The number of aryl methyl sites for hydroxylation is 1. The lowest BCUT2D eigenvalue weighted by Crippen LogP contribution is -2.05. The molecule has 148 valence electrons. The van der Waals surface area contributed by atoms with Gasteiger partial charge in [-0.05, 0) is 24.6 Å². The summed E-state index contributed by atoms with van der Waals surface area (Å²) in [6, 6.07) is 17.8. The lowest BCUT2D eigenvalue weighted by molar-refractivity contribution is 0.415. The zero-order chi connectivity index (χ0) is 20.7. The van der Waals surface area contributed by atoms with Crippen molar-refractivity contribution in [3.05, 3.63) is 65.7 Å². The topological polar surface area (TPSA) is 91.2 Å². The number of aromatic nitrogens is 5. The summed E-state index contributed by atoms with van der Waals surface area (Å²) in [5, 5.41) is 16.2. The van der Waals surface area contributed by atoms with Crippen molar-refractivity contribution < 1.29 is 4.74 Å². The fourth-order valence-electron chi connectivity index (χ4n) is 3.40. The summed E-state index contributed by atoms with van der Waals surface area (Å²) in [7, 11) is 1.64. The van der Waals surface area contributed by atoms with E-state index in [-0.39, 0.29) is 0 Å². The van der Waals surface area contributed by atoms with Crippen LogP contribution >= 0.6 is 11.3 Å². The highest BCUT2D eigenvalue weighted by Gasteiger charge is 2.20. The van der Waals surface area contributed by atoms with Crippen LogP contribution in [0.4, 0.5) is 5.82 Å². The first kappa shape index (κ1) is 18.3. The molecule has 0 saturated carbocycles. The van der Waals surface area contributed by atoms with Crippen molar-refractivity contribution in [3.8, 4) is 38.8 Å². The van der Waals surface area contributed by atoms with Gasteiger partial charge in [0, 0.05) is 10.9 Å². The highest BCUT2D eigenvalue weighted by Crippen LogP contribution is 2.34. The Morgan fingerprint density at radius 1 is 0.967 bits per heavy atom. The number of thiazole rings is 1. The summed E-state index contributed by atoms with van der Waals surface area (Å²) in [6.45, 7) is 1.93. The minimum atomic E-state index is 0.414. The molecule has 2 N–H and O–H groups in total. The number of rotatable bonds is 4. The van der Waals surface area contributed by atoms with Crippen LogP contribution in [0.1, 0.15) is 5.69 Å². The van der Waals surface area contributed by atoms with Gasteiger partial charge in [-0.1, -0.05) is 42.5 Å². The number of hydrogen-bond acceptors (Lipinski definition) is 7. The van der Waals surface area contributed by atoms with Crippen LogP contribution in [0, 0.1) is 6.92 Å². The van der Waals surface area contributed by atoms with Crippen LogP contribution in [-0.2, 0) is 0 Å². The van der Waals surface area contributed by atoms with Crippen LogP contribution < -0.4 is 10.5 Å². The Bertz CT molecular complexity index is 1340. The summed E-state index contributed by atoms with van der Waals surface area (Å²) in [4.78, 5) is 4.71. The summed E-state index contributed by atoms with van der Waals surface area (Å²) in [5.74, 6) is 1.20. The zero-order valence-corrected chi connectivity index (χ0v) is 17.2. The third-order valence-electron chi connectivity index (χ3n) is 4.91. The minimum Gasteiger partial charge on any atom is -0.497 e. The molecule has 3 aromatic heterocycles. The van der Waals surface area contributed by atoms with Gasteiger partial charge in [0.05, 0.1) is 24.1 Å². The Hall–Kier alpha value is -3.78. The Morgan fingerprint density at radius 2 is 1.73 bits per heavy atom. The number of anilines is 1. The maximum Gasteiger partial charge on any atom is 0.187 e. The van der Waals surface area contributed by atoms with Crippen molar-refractivity contribution in [2.75, 3.05) is 12.8 Å². The molecule has 5 rings (SSSR count). The molecule has 0 amide bonds.